The summed E-state index contributed by atoms with van der Waals surface area (Å²) in [4.78, 5) is 15.8. The normalized spacial score (nSPS) is 14.3. The van der Waals surface area contributed by atoms with Gasteiger partial charge in [0.25, 0.3) is 0 Å². The summed E-state index contributed by atoms with van der Waals surface area (Å²) in [6.07, 6.45) is 1.60. The third-order valence-electron chi connectivity index (χ3n) is 3.78. The summed E-state index contributed by atoms with van der Waals surface area (Å²) in [7, 11) is 0. The van der Waals surface area contributed by atoms with Crippen molar-refractivity contribution in [1.82, 2.24) is 25.3 Å². The van der Waals surface area contributed by atoms with Crippen LogP contribution in [0.25, 0.3) is 11.0 Å². The summed E-state index contributed by atoms with van der Waals surface area (Å²) in [6.45, 7) is 1.79. The standard InChI is InChI=1S/C15H15N5S/c21-15-9-8-16-6-5-10(9)17-14(20-15)7-13-18-11-3-1-2-4-12(11)19-13/h1-4,16H,5-8H2,(H,18,19)(H,17,20,21). The minimum Gasteiger partial charge on any atom is -0.346 e. The fourth-order valence-corrected chi connectivity index (χ4v) is 3.06. The maximum atomic E-state index is 5.41. The van der Waals surface area contributed by atoms with Crippen LogP contribution >= 0.6 is 12.2 Å². The number of aromatic nitrogens is 4. The van der Waals surface area contributed by atoms with Crippen molar-refractivity contribution >= 4 is 23.3 Å². The lowest BCUT2D eigenvalue weighted by molar-refractivity contribution is 0.618. The molecule has 3 aromatic rings. The molecule has 5 nitrogen and oxygen atoms in total. The number of rotatable bonds is 2. The van der Waals surface area contributed by atoms with Gasteiger partial charge >= 0.3 is 0 Å². The van der Waals surface area contributed by atoms with Gasteiger partial charge in [0.2, 0.25) is 0 Å². The zero-order valence-corrected chi connectivity index (χ0v) is 12.3. The molecule has 4 rings (SSSR count). The molecule has 0 spiro atoms. The van der Waals surface area contributed by atoms with E-state index in [1.807, 2.05) is 24.3 Å². The van der Waals surface area contributed by atoms with E-state index in [0.29, 0.717) is 11.1 Å². The molecule has 0 aliphatic carbocycles. The van der Waals surface area contributed by atoms with Gasteiger partial charge in [-0.25, -0.2) is 9.97 Å². The van der Waals surface area contributed by atoms with Crippen molar-refractivity contribution in [3.8, 4) is 0 Å². The fraction of sp³-hybridized carbons (Fsp3) is 0.267. The molecule has 1 aromatic carbocycles. The first kappa shape index (κ1) is 12.7. The van der Waals surface area contributed by atoms with E-state index in [1.54, 1.807) is 0 Å². The summed E-state index contributed by atoms with van der Waals surface area (Å²) in [5.41, 5.74) is 4.37. The zero-order valence-electron chi connectivity index (χ0n) is 11.4. The Morgan fingerprint density at radius 3 is 2.86 bits per heavy atom. The number of imidazole rings is 1. The van der Waals surface area contributed by atoms with E-state index in [-0.39, 0.29) is 0 Å². The van der Waals surface area contributed by atoms with Gasteiger partial charge in [-0.2, -0.15) is 0 Å². The zero-order chi connectivity index (χ0) is 14.2. The molecule has 1 aliphatic heterocycles. The third kappa shape index (κ3) is 2.36. The van der Waals surface area contributed by atoms with Crippen LogP contribution in [0.15, 0.2) is 24.3 Å². The molecule has 0 saturated heterocycles. The number of nitrogens with zero attached hydrogens (tertiary/aromatic N) is 2. The molecule has 21 heavy (non-hydrogen) atoms. The second kappa shape index (κ2) is 5.05. The highest BCUT2D eigenvalue weighted by atomic mass is 32.1. The molecular formula is C15H15N5S. The lowest BCUT2D eigenvalue weighted by Gasteiger charge is -2.17. The van der Waals surface area contributed by atoms with Gasteiger partial charge < -0.3 is 15.3 Å². The Balaban J connectivity index is 1.70. The number of H-pyrrole nitrogens is 2. The Hall–Kier alpha value is -2.05. The number of hydrogen-bond acceptors (Lipinski definition) is 4. The van der Waals surface area contributed by atoms with E-state index in [9.17, 15) is 0 Å². The van der Waals surface area contributed by atoms with Crippen LogP contribution in [0.1, 0.15) is 22.9 Å². The summed E-state index contributed by atoms with van der Waals surface area (Å²) in [5.74, 6) is 1.78. The van der Waals surface area contributed by atoms with E-state index in [4.69, 9.17) is 12.2 Å². The molecule has 0 fully saturated rings. The van der Waals surface area contributed by atoms with Gasteiger partial charge in [0.15, 0.2) is 0 Å². The van der Waals surface area contributed by atoms with Gasteiger partial charge in [-0.3, -0.25) is 0 Å². The molecule has 2 aromatic heterocycles. The highest BCUT2D eigenvalue weighted by molar-refractivity contribution is 7.71. The predicted molar refractivity (Wildman–Crippen MR) is 83.7 cm³/mol. The molecule has 1 aliphatic rings. The third-order valence-corrected chi connectivity index (χ3v) is 4.12. The van der Waals surface area contributed by atoms with Crippen molar-refractivity contribution in [3.05, 3.63) is 51.8 Å². The monoisotopic (exact) mass is 297 g/mol. The molecule has 0 unspecified atom stereocenters. The number of benzene rings is 1. The highest BCUT2D eigenvalue weighted by Crippen LogP contribution is 2.15. The molecular weight excluding hydrogens is 282 g/mol. The van der Waals surface area contributed by atoms with Crippen molar-refractivity contribution in [3.63, 3.8) is 0 Å². The second-order valence-corrected chi connectivity index (χ2v) is 5.64. The van der Waals surface area contributed by atoms with Crippen LogP contribution in [0.2, 0.25) is 0 Å². The average Bonchev–Trinajstić information content (AvgIpc) is 2.89. The number of para-hydroxylation sites is 2. The molecule has 0 atom stereocenters. The number of fused-ring (bicyclic) bond motifs is 2. The van der Waals surface area contributed by atoms with Gasteiger partial charge in [-0.15, -0.1) is 0 Å². The fourth-order valence-electron chi connectivity index (χ4n) is 2.75. The van der Waals surface area contributed by atoms with Crippen LogP contribution in [0.3, 0.4) is 0 Å². The van der Waals surface area contributed by atoms with Gasteiger partial charge in [-0.05, 0) is 12.1 Å². The molecule has 3 heterocycles. The van der Waals surface area contributed by atoms with Gasteiger partial charge in [-0.1, -0.05) is 24.4 Å². The molecule has 0 radical (unpaired) electrons. The second-order valence-electron chi connectivity index (χ2n) is 5.25. The van der Waals surface area contributed by atoms with E-state index >= 15 is 0 Å². The molecule has 106 valence electrons. The van der Waals surface area contributed by atoms with E-state index < -0.39 is 0 Å². The summed E-state index contributed by atoms with van der Waals surface area (Å²) >= 11 is 5.41. The van der Waals surface area contributed by atoms with Crippen LogP contribution in [0.5, 0.6) is 0 Å². The Labute approximate surface area is 126 Å². The van der Waals surface area contributed by atoms with Crippen LogP contribution < -0.4 is 5.32 Å². The van der Waals surface area contributed by atoms with Gasteiger partial charge in [0, 0.05) is 30.8 Å². The largest absolute Gasteiger partial charge is 0.346 e. The summed E-state index contributed by atoms with van der Waals surface area (Å²) in [5, 5.41) is 3.32. The average molecular weight is 297 g/mol. The number of nitrogens with one attached hydrogen (secondary N) is 3. The van der Waals surface area contributed by atoms with Crippen molar-refractivity contribution < 1.29 is 0 Å². The van der Waals surface area contributed by atoms with Crippen molar-refractivity contribution in [1.29, 1.82) is 0 Å². The van der Waals surface area contributed by atoms with E-state index in [0.717, 1.165) is 47.8 Å². The van der Waals surface area contributed by atoms with Crippen molar-refractivity contribution in [2.24, 2.45) is 0 Å². The molecule has 0 saturated carbocycles. The Bertz CT molecular complexity index is 831. The minimum absolute atomic E-state index is 0.638. The maximum absolute atomic E-state index is 5.41. The Kier molecular flexibility index (Phi) is 3.05. The topological polar surface area (TPSA) is 69.4 Å². The van der Waals surface area contributed by atoms with Crippen LogP contribution in [0, 0.1) is 4.64 Å². The first-order chi connectivity index (χ1) is 10.3. The lowest BCUT2D eigenvalue weighted by Crippen LogP contribution is -2.26. The van der Waals surface area contributed by atoms with Crippen LogP contribution in [0.4, 0.5) is 0 Å². The molecule has 0 amide bonds. The molecule has 0 bridgehead atoms. The number of aromatic amines is 2. The first-order valence-corrected chi connectivity index (χ1v) is 7.46. The van der Waals surface area contributed by atoms with Gasteiger partial charge in [0.05, 0.1) is 17.5 Å². The van der Waals surface area contributed by atoms with E-state index in [1.165, 1.54) is 5.69 Å². The first-order valence-electron chi connectivity index (χ1n) is 7.05. The number of hydrogen-bond donors (Lipinski definition) is 3. The lowest BCUT2D eigenvalue weighted by atomic mass is 10.1. The van der Waals surface area contributed by atoms with Gasteiger partial charge in [0.1, 0.15) is 16.3 Å². The Morgan fingerprint density at radius 1 is 1.10 bits per heavy atom. The summed E-state index contributed by atoms with van der Waals surface area (Å²) in [6, 6.07) is 8.02. The Morgan fingerprint density at radius 2 is 1.95 bits per heavy atom. The van der Waals surface area contributed by atoms with Crippen LogP contribution in [-0.4, -0.2) is 26.5 Å². The minimum atomic E-state index is 0.638. The quantitative estimate of drug-likeness (QED) is 0.635. The predicted octanol–water partition coefficient (Wildman–Crippen LogP) is 2.25. The molecule has 6 heteroatoms. The van der Waals surface area contributed by atoms with Crippen LogP contribution in [-0.2, 0) is 19.4 Å². The summed E-state index contributed by atoms with van der Waals surface area (Å²) < 4.78 is 0.696. The smallest absolute Gasteiger partial charge is 0.134 e. The van der Waals surface area contributed by atoms with Crippen molar-refractivity contribution in [2.45, 2.75) is 19.4 Å². The SMILES string of the molecule is S=c1nc(Cc2nc3ccccc3[nH]2)[nH]c2c1CNCC2. The van der Waals surface area contributed by atoms with E-state index in [2.05, 4.69) is 25.3 Å². The molecule has 3 N–H and O–H groups in total. The highest BCUT2D eigenvalue weighted by Gasteiger charge is 2.13. The van der Waals surface area contributed by atoms with Crippen molar-refractivity contribution in [2.75, 3.05) is 6.54 Å². The maximum Gasteiger partial charge on any atom is 0.134 e.